The van der Waals surface area contributed by atoms with Crippen molar-refractivity contribution in [2.75, 3.05) is 21.3 Å². The fourth-order valence-corrected chi connectivity index (χ4v) is 2.24. The molecule has 0 aromatic heterocycles. The smallest absolute Gasteiger partial charge is 0.164 e. The second-order valence-corrected chi connectivity index (χ2v) is 4.72. The molecule has 0 atom stereocenters. The zero-order chi connectivity index (χ0) is 13.8. The highest BCUT2D eigenvalue weighted by Gasteiger charge is 2.26. The Balaban J connectivity index is 2.09. The molecule has 0 bridgehead atoms. The molecule has 1 aliphatic carbocycles. The molecular weight excluding hydrogens is 246 g/mol. The van der Waals surface area contributed by atoms with E-state index in [1.807, 2.05) is 12.1 Å². The average Bonchev–Trinajstić information content (AvgIpc) is 2.41. The van der Waals surface area contributed by atoms with E-state index in [0.29, 0.717) is 24.1 Å². The van der Waals surface area contributed by atoms with Gasteiger partial charge in [-0.15, -0.1) is 0 Å². The second-order valence-electron chi connectivity index (χ2n) is 4.72. The summed E-state index contributed by atoms with van der Waals surface area (Å²) in [7, 11) is 4.85. The lowest BCUT2D eigenvalue weighted by Gasteiger charge is -2.32. The molecule has 0 spiro atoms. The Labute approximate surface area is 113 Å². The molecule has 2 N–H and O–H groups in total. The molecule has 1 saturated carbocycles. The van der Waals surface area contributed by atoms with Crippen LogP contribution in [0, 0.1) is 0 Å². The third-order valence-corrected chi connectivity index (χ3v) is 3.48. The lowest BCUT2D eigenvalue weighted by Crippen LogP contribution is -2.43. The van der Waals surface area contributed by atoms with E-state index in [1.165, 1.54) is 0 Å². The zero-order valence-corrected chi connectivity index (χ0v) is 11.6. The quantitative estimate of drug-likeness (QED) is 0.814. The first-order valence-electron chi connectivity index (χ1n) is 6.38. The fourth-order valence-electron chi connectivity index (χ4n) is 2.24. The van der Waals surface area contributed by atoms with Gasteiger partial charge in [0.25, 0.3) is 0 Å². The summed E-state index contributed by atoms with van der Waals surface area (Å²) >= 11 is 0. The number of rotatable bonds is 6. The van der Waals surface area contributed by atoms with E-state index < -0.39 is 0 Å². The number of aliphatic hydroxyl groups excluding tert-OH is 1. The Morgan fingerprint density at radius 3 is 2.16 bits per heavy atom. The lowest BCUT2D eigenvalue weighted by atomic mass is 9.89. The summed E-state index contributed by atoms with van der Waals surface area (Å²) in [5.74, 6) is 2.11. The Morgan fingerprint density at radius 2 is 1.63 bits per heavy atom. The first-order valence-corrected chi connectivity index (χ1v) is 6.38. The van der Waals surface area contributed by atoms with Gasteiger partial charge in [0.1, 0.15) is 5.75 Å². The van der Waals surface area contributed by atoms with Crippen molar-refractivity contribution in [3.63, 3.8) is 0 Å². The van der Waals surface area contributed by atoms with Gasteiger partial charge in [0.15, 0.2) is 11.5 Å². The highest BCUT2D eigenvalue weighted by molar-refractivity contribution is 5.50. The molecule has 0 saturated heterocycles. The Kier molecular flexibility index (Phi) is 4.50. The standard InChI is InChI=1S/C14H21NO4/c1-17-12-7-14(19-3)13(18-2)4-9(12)8-15-10-5-11(16)6-10/h4,7,10-11,15-16H,5-6,8H2,1-3H3. The molecule has 0 aliphatic heterocycles. The first kappa shape index (κ1) is 14.0. The van der Waals surface area contributed by atoms with Gasteiger partial charge in [0, 0.05) is 24.2 Å². The van der Waals surface area contributed by atoms with E-state index in [4.69, 9.17) is 14.2 Å². The van der Waals surface area contributed by atoms with E-state index in [-0.39, 0.29) is 6.10 Å². The molecule has 19 heavy (non-hydrogen) atoms. The molecule has 0 radical (unpaired) electrons. The SMILES string of the molecule is COc1cc(OC)c(OC)cc1CNC1CC(O)C1. The predicted octanol–water partition coefficient (Wildman–Crippen LogP) is 1.33. The minimum absolute atomic E-state index is 0.148. The highest BCUT2D eigenvalue weighted by atomic mass is 16.5. The van der Waals surface area contributed by atoms with Crippen molar-refractivity contribution >= 4 is 0 Å². The third-order valence-electron chi connectivity index (χ3n) is 3.48. The largest absolute Gasteiger partial charge is 0.496 e. The monoisotopic (exact) mass is 267 g/mol. The zero-order valence-electron chi connectivity index (χ0n) is 11.6. The van der Waals surface area contributed by atoms with Crippen molar-refractivity contribution in [3.05, 3.63) is 17.7 Å². The third kappa shape index (κ3) is 3.11. The fraction of sp³-hybridized carbons (Fsp3) is 0.571. The lowest BCUT2D eigenvalue weighted by molar-refractivity contribution is 0.0618. The van der Waals surface area contributed by atoms with Crippen molar-refractivity contribution < 1.29 is 19.3 Å². The molecule has 1 aromatic carbocycles. The number of hydrogen-bond acceptors (Lipinski definition) is 5. The van der Waals surface area contributed by atoms with E-state index >= 15 is 0 Å². The molecule has 5 heteroatoms. The van der Waals surface area contributed by atoms with Gasteiger partial charge in [-0.1, -0.05) is 0 Å². The van der Waals surface area contributed by atoms with E-state index in [0.717, 1.165) is 24.2 Å². The van der Waals surface area contributed by atoms with Crippen molar-refractivity contribution in [1.82, 2.24) is 5.32 Å². The van der Waals surface area contributed by atoms with Gasteiger partial charge in [-0.3, -0.25) is 0 Å². The van der Waals surface area contributed by atoms with Crippen LogP contribution in [-0.2, 0) is 6.54 Å². The predicted molar refractivity (Wildman–Crippen MR) is 72.0 cm³/mol. The van der Waals surface area contributed by atoms with Crippen LogP contribution in [0.5, 0.6) is 17.2 Å². The van der Waals surface area contributed by atoms with Gasteiger partial charge in [-0.2, -0.15) is 0 Å². The summed E-state index contributed by atoms with van der Waals surface area (Å²) in [5, 5.41) is 12.7. The minimum Gasteiger partial charge on any atom is -0.496 e. The topological polar surface area (TPSA) is 60.0 Å². The number of ether oxygens (including phenoxy) is 3. The van der Waals surface area contributed by atoms with Crippen LogP contribution >= 0.6 is 0 Å². The van der Waals surface area contributed by atoms with Crippen LogP contribution < -0.4 is 19.5 Å². The first-order chi connectivity index (χ1) is 9.17. The van der Waals surface area contributed by atoms with E-state index in [1.54, 1.807) is 21.3 Å². The van der Waals surface area contributed by atoms with Crippen molar-refractivity contribution in [3.8, 4) is 17.2 Å². The highest BCUT2D eigenvalue weighted by Crippen LogP contribution is 2.34. The Morgan fingerprint density at radius 1 is 1.05 bits per heavy atom. The summed E-state index contributed by atoms with van der Waals surface area (Å²) in [5.41, 5.74) is 1.02. The van der Waals surface area contributed by atoms with Crippen molar-refractivity contribution in [2.24, 2.45) is 0 Å². The van der Waals surface area contributed by atoms with E-state index in [9.17, 15) is 5.11 Å². The van der Waals surface area contributed by atoms with Crippen LogP contribution in [0.25, 0.3) is 0 Å². The van der Waals surface area contributed by atoms with E-state index in [2.05, 4.69) is 5.32 Å². The number of hydrogen-bond donors (Lipinski definition) is 2. The van der Waals surface area contributed by atoms with Gasteiger partial charge in [-0.25, -0.2) is 0 Å². The molecule has 0 amide bonds. The molecule has 2 rings (SSSR count). The number of benzene rings is 1. The van der Waals surface area contributed by atoms with Crippen LogP contribution in [0.15, 0.2) is 12.1 Å². The average molecular weight is 267 g/mol. The molecule has 0 unspecified atom stereocenters. The van der Waals surface area contributed by atoms with Gasteiger partial charge < -0.3 is 24.6 Å². The summed E-state index contributed by atoms with van der Waals surface area (Å²) in [4.78, 5) is 0. The summed E-state index contributed by atoms with van der Waals surface area (Å²) in [6.45, 7) is 0.681. The van der Waals surface area contributed by atoms with Crippen LogP contribution in [0.2, 0.25) is 0 Å². The van der Waals surface area contributed by atoms with Gasteiger partial charge in [0.05, 0.1) is 27.4 Å². The van der Waals surface area contributed by atoms with Crippen molar-refractivity contribution in [1.29, 1.82) is 0 Å². The summed E-state index contributed by atoms with van der Waals surface area (Å²) in [6, 6.07) is 4.12. The number of nitrogens with one attached hydrogen (secondary N) is 1. The minimum atomic E-state index is -0.148. The number of aliphatic hydroxyl groups is 1. The molecule has 1 fully saturated rings. The van der Waals surface area contributed by atoms with Gasteiger partial charge in [-0.05, 0) is 18.9 Å². The Hall–Kier alpha value is -1.46. The normalized spacial score (nSPS) is 21.7. The number of methoxy groups -OCH3 is 3. The molecule has 5 nitrogen and oxygen atoms in total. The molecular formula is C14H21NO4. The van der Waals surface area contributed by atoms with Gasteiger partial charge in [0.2, 0.25) is 0 Å². The van der Waals surface area contributed by atoms with Gasteiger partial charge >= 0.3 is 0 Å². The van der Waals surface area contributed by atoms with Crippen LogP contribution in [-0.4, -0.2) is 38.6 Å². The second kappa shape index (κ2) is 6.12. The molecule has 1 aromatic rings. The summed E-state index contributed by atoms with van der Waals surface area (Å²) < 4.78 is 15.9. The van der Waals surface area contributed by atoms with Crippen LogP contribution in [0.4, 0.5) is 0 Å². The molecule has 1 aliphatic rings. The Bertz CT molecular complexity index is 430. The van der Waals surface area contributed by atoms with Crippen LogP contribution in [0.3, 0.4) is 0 Å². The van der Waals surface area contributed by atoms with Crippen molar-refractivity contribution in [2.45, 2.75) is 31.5 Å². The maximum atomic E-state index is 9.27. The maximum Gasteiger partial charge on any atom is 0.164 e. The van der Waals surface area contributed by atoms with Crippen LogP contribution in [0.1, 0.15) is 18.4 Å². The molecule has 0 heterocycles. The maximum absolute atomic E-state index is 9.27. The summed E-state index contributed by atoms with van der Waals surface area (Å²) in [6.07, 6.45) is 1.48. The molecule has 106 valence electrons.